The summed E-state index contributed by atoms with van der Waals surface area (Å²) in [6, 6.07) is 7.07. The van der Waals surface area contributed by atoms with Gasteiger partial charge in [0.25, 0.3) is 10.0 Å². The molecule has 6 nitrogen and oxygen atoms in total. The SMILES string of the molecule is CCNC(C)c1ccc(S(=O)(=O)Nc2cnn(C)c2)cc1. The molecule has 1 atom stereocenters. The number of nitrogens with zero attached hydrogens (tertiary/aromatic N) is 2. The highest BCUT2D eigenvalue weighted by Gasteiger charge is 2.15. The first-order valence-corrected chi connectivity index (χ1v) is 8.25. The molecule has 7 heteroatoms. The van der Waals surface area contributed by atoms with Gasteiger partial charge in [-0.25, -0.2) is 8.42 Å². The summed E-state index contributed by atoms with van der Waals surface area (Å²) in [5.41, 5.74) is 1.50. The predicted molar refractivity (Wildman–Crippen MR) is 82.6 cm³/mol. The highest BCUT2D eigenvalue weighted by molar-refractivity contribution is 7.92. The second kappa shape index (κ2) is 6.28. The van der Waals surface area contributed by atoms with Crippen LogP contribution in [-0.2, 0) is 17.1 Å². The van der Waals surface area contributed by atoms with E-state index in [0.717, 1.165) is 12.1 Å². The molecule has 0 aliphatic rings. The molecule has 0 bridgehead atoms. The Morgan fingerprint density at radius 3 is 2.48 bits per heavy atom. The van der Waals surface area contributed by atoms with Crippen LogP contribution in [0, 0.1) is 0 Å². The Kier molecular flexibility index (Phi) is 4.64. The minimum atomic E-state index is -3.58. The van der Waals surface area contributed by atoms with Crippen LogP contribution in [0.25, 0.3) is 0 Å². The Morgan fingerprint density at radius 1 is 1.29 bits per heavy atom. The van der Waals surface area contributed by atoms with Gasteiger partial charge in [0.15, 0.2) is 0 Å². The minimum Gasteiger partial charge on any atom is -0.310 e. The number of hydrogen-bond donors (Lipinski definition) is 2. The summed E-state index contributed by atoms with van der Waals surface area (Å²) in [6.45, 7) is 4.94. The van der Waals surface area contributed by atoms with Crippen LogP contribution in [-0.4, -0.2) is 24.7 Å². The highest BCUT2D eigenvalue weighted by atomic mass is 32.2. The molecule has 1 heterocycles. The first-order valence-electron chi connectivity index (χ1n) is 6.77. The number of benzene rings is 1. The van der Waals surface area contributed by atoms with E-state index in [1.54, 1.807) is 30.1 Å². The zero-order chi connectivity index (χ0) is 15.5. The molecule has 2 rings (SSSR count). The fourth-order valence-corrected chi connectivity index (χ4v) is 3.08. The summed E-state index contributed by atoms with van der Waals surface area (Å²) >= 11 is 0. The summed E-state index contributed by atoms with van der Waals surface area (Å²) in [4.78, 5) is 0.235. The van der Waals surface area contributed by atoms with E-state index in [1.165, 1.54) is 6.20 Å². The predicted octanol–water partition coefficient (Wildman–Crippen LogP) is 1.89. The van der Waals surface area contributed by atoms with Crippen LogP contribution in [0.3, 0.4) is 0 Å². The van der Waals surface area contributed by atoms with Crippen LogP contribution in [0.5, 0.6) is 0 Å². The average Bonchev–Trinajstić information content (AvgIpc) is 2.84. The lowest BCUT2D eigenvalue weighted by Gasteiger charge is -2.13. The van der Waals surface area contributed by atoms with E-state index in [0.29, 0.717) is 5.69 Å². The lowest BCUT2D eigenvalue weighted by atomic mass is 10.1. The maximum Gasteiger partial charge on any atom is 0.261 e. The van der Waals surface area contributed by atoms with Gasteiger partial charge in [0.05, 0.1) is 16.8 Å². The van der Waals surface area contributed by atoms with E-state index in [4.69, 9.17) is 0 Å². The molecule has 0 radical (unpaired) electrons. The molecule has 0 saturated heterocycles. The number of rotatable bonds is 6. The molecule has 114 valence electrons. The third kappa shape index (κ3) is 3.83. The van der Waals surface area contributed by atoms with E-state index < -0.39 is 10.0 Å². The zero-order valence-electron chi connectivity index (χ0n) is 12.4. The van der Waals surface area contributed by atoms with Gasteiger partial charge in [0.2, 0.25) is 0 Å². The van der Waals surface area contributed by atoms with Crippen molar-refractivity contribution in [1.29, 1.82) is 0 Å². The molecule has 0 saturated carbocycles. The third-order valence-corrected chi connectivity index (χ3v) is 4.56. The Hall–Kier alpha value is -1.86. The maximum atomic E-state index is 12.3. The van der Waals surface area contributed by atoms with Crippen molar-refractivity contribution in [1.82, 2.24) is 15.1 Å². The Labute approximate surface area is 125 Å². The molecule has 1 aromatic carbocycles. The monoisotopic (exact) mass is 308 g/mol. The van der Waals surface area contributed by atoms with Crippen LogP contribution in [0.15, 0.2) is 41.6 Å². The first-order chi connectivity index (χ1) is 9.92. The maximum absolute atomic E-state index is 12.3. The van der Waals surface area contributed by atoms with Gasteiger partial charge in [-0.3, -0.25) is 9.40 Å². The normalized spacial score (nSPS) is 13.1. The number of hydrogen-bond acceptors (Lipinski definition) is 4. The van der Waals surface area contributed by atoms with E-state index >= 15 is 0 Å². The second-order valence-electron chi connectivity index (χ2n) is 4.86. The molecule has 0 fully saturated rings. The van der Waals surface area contributed by atoms with Crippen LogP contribution in [0.2, 0.25) is 0 Å². The van der Waals surface area contributed by atoms with Gasteiger partial charge in [-0.05, 0) is 31.2 Å². The average molecular weight is 308 g/mol. The van der Waals surface area contributed by atoms with Crippen molar-refractivity contribution >= 4 is 15.7 Å². The Morgan fingerprint density at radius 2 is 1.95 bits per heavy atom. The first kappa shape index (κ1) is 15.5. The fourth-order valence-electron chi connectivity index (χ4n) is 2.05. The van der Waals surface area contributed by atoms with Crippen LogP contribution in [0.1, 0.15) is 25.5 Å². The standard InChI is InChI=1S/C14H20N4O2S/c1-4-15-11(2)12-5-7-14(8-6-12)21(19,20)17-13-9-16-18(3)10-13/h5-11,15,17H,4H2,1-3H3. The lowest BCUT2D eigenvalue weighted by molar-refractivity contribution is 0.594. The number of nitrogens with one attached hydrogen (secondary N) is 2. The number of anilines is 1. The fraction of sp³-hybridized carbons (Fsp3) is 0.357. The molecular formula is C14H20N4O2S. The van der Waals surface area contributed by atoms with Gasteiger partial charge in [-0.1, -0.05) is 19.1 Å². The summed E-state index contributed by atoms with van der Waals surface area (Å²) in [5, 5.41) is 7.22. The van der Waals surface area contributed by atoms with Crippen molar-refractivity contribution < 1.29 is 8.42 Å². The molecule has 0 spiro atoms. The van der Waals surface area contributed by atoms with Crippen molar-refractivity contribution in [3.05, 3.63) is 42.2 Å². The number of sulfonamides is 1. The zero-order valence-corrected chi connectivity index (χ0v) is 13.2. The van der Waals surface area contributed by atoms with Crippen molar-refractivity contribution in [3.8, 4) is 0 Å². The van der Waals surface area contributed by atoms with Gasteiger partial charge >= 0.3 is 0 Å². The van der Waals surface area contributed by atoms with E-state index in [9.17, 15) is 8.42 Å². The quantitative estimate of drug-likeness (QED) is 0.854. The summed E-state index contributed by atoms with van der Waals surface area (Å²) < 4.78 is 28.6. The molecule has 0 aliphatic heterocycles. The van der Waals surface area contributed by atoms with Crippen LogP contribution >= 0.6 is 0 Å². The summed E-state index contributed by atoms with van der Waals surface area (Å²) in [5.74, 6) is 0. The Bertz CT molecular complexity index is 692. The van der Waals surface area contributed by atoms with E-state index in [-0.39, 0.29) is 10.9 Å². The van der Waals surface area contributed by atoms with Gasteiger partial charge in [0.1, 0.15) is 0 Å². The topological polar surface area (TPSA) is 76.0 Å². The molecule has 1 aromatic heterocycles. The summed E-state index contributed by atoms with van der Waals surface area (Å²) in [6.07, 6.45) is 3.08. The molecule has 2 aromatic rings. The van der Waals surface area contributed by atoms with Crippen LogP contribution < -0.4 is 10.0 Å². The minimum absolute atomic E-state index is 0.193. The molecule has 1 unspecified atom stereocenters. The van der Waals surface area contributed by atoms with Crippen LogP contribution in [0.4, 0.5) is 5.69 Å². The number of aryl methyl sites for hydroxylation is 1. The largest absolute Gasteiger partial charge is 0.310 e. The van der Waals surface area contributed by atoms with Gasteiger partial charge in [-0.2, -0.15) is 5.10 Å². The van der Waals surface area contributed by atoms with E-state index in [2.05, 4.69) is 15.1 Å². The molecule has 0 amide bonds. The summed E-state index contributed by atoms with van der Waals surface area (Å²) in [7, 11) is -1.85. The van der Waals surface area contributed by atoms with Crippen molar-refractivity contribution in [3.63, 3.8) is 0 Å². The smallest absolute Gasteiger partial charge is 0.261 e. The molecular weight excluding hydrogens is 288 g/mol. The van der Waals surface area contributed by atoms with Gasteiger partial charge in [0, 0.05) is 19.3 Å². The lowest BCUT2D eigenvalue weighted by Crippen LogP contribution is -2.18. The van der Waals surface area contributed by atoms with Crippen molar-refractivity contribution in [2.45, 2.75) is 24.8 Å². The van der Waals surface area contributed by atoms with Crippen molar-refractivity contribution in [2.24, 2.45) is 7.05 Å². The third-order valence-electron chi connectivity index (χ3n) is 3.16. The highest BCUT2D eigenvalue weighted by Crippen LogP contribution is 2.18. The van der Waals surface area contributed by atoms with Gasteiger partial charge < -0.3 is 5.32 Å². The van der Waals surface area contributed by atoms with Gasteiger partial charge in [-0.15, -0.1) is 0 Å². The Balaban J connectivity index is 2.17. The second-order valence-corrected chi connectivity index (χ2v) is 6.54. The number of aromatic nitrogens is 2. The van der Waals surface area contributed by atoms with E-state index in [1.807, 2.05) is 26.0 Å². The molecule has 21 heavy (non-hydrogen) atoms. The molecule has 2 N–H and O–H groups in total. The van der Waals surface area contributed by atoms with Crippen molar-refractivity contribution in [2.75, 3.05) is 11.3 Å². The molecule has 0 aliphatic carbocycles.